The molecule has 1 saturated carbocycles. The summed E-state index contributed by atoms with van der Waals surface area (Å²) in [5.74, 6) is -6.04. The number of imide groups is 2. The van der Waals surface area contributed by atoms with E-state index in [0.717, 1.165) is 9.89 Å². The van der Waals surface area contributed by atoms with Crippen molar-refractivity contribution in [3.63, 3.8) is 0 Å². The molecule has 10 nitrogen and oxygen atoms in total. The lowest BCUT2D eigenvalue weighted by Gasteiger charge is -2.51. The second-order valence-electron chi connectivity index (χ2n) is 13.5. The summed E-state index contributed by atoms with van der Waals surface area (Å²) in [5, 5.41) is 14.0. The number of likely N-dealkylation sites (tertiary alicyclic amines) is 1. The molecule has 3 aromatic carbocycles. The maximum atomic E-state index is 15.4. The maximum absolute atomic E-state index is 15.4. The summed E-state index contributed by atoms with van der Waals surface area (Å²) in [5.41, 5.74) is 3.17. The second-order valence-corrected chi connectivity index (χ2v) is 14.9. The third-order valence-corrected chi connectivity index (χ3v) is 12.2. The van der Waals surface area contributed by atoms with Gasteiger partial charge in [0.1, 0.15) is 23.1 Å². The summed E-state index contributed by atoms with van der Waals surface area (Å²) in [4.78, 5) is 60.7. The van der Waals surface area contributed by atoms with E-state index in [1.807, 2.05) is 23.6 Å². The number of hydrogen-bond donors (Lipinski definition) is 2. The fourth-order valence-corrected chi connectivity index (χ4v) is 9.78. The first-order valence-corrected chi connectivity index (χ1v) is 18.0. The number of hydrogen-bond acceptors (Lipinski definition) is 9. The molecule has 4 amide bonds. The first kappa shape index (κ1) is 33.9. The van der Waals surface area contributed by atoms with Crippen LogP contribution in [0.15, 0.2) is 89.8 Å². The normalized spacial score (nSPS) is 26.5. The second kappa shape index (κ2) is 12.8. The molecule has 52 heavy (non-hydrogen) atoms. The standard InChI is InChI=1S/C39H33ClFN3O7S/c1-50-30-16-24(45)17-31(51-2)33(30)34-26-13-14-27-32(37(48)43(35(27)46)19-25-4-3-15-52-25)28(26)18-29-36(47)44(42-23-11-9-22(41)10-12-23)38(49)39(29,34)20-5-7-21(40)8-6-20/h3-13,15-17,27-29,32,34,42,45H,14,18-19H2,1-2H3/t27-,28+,29-,32-,34+,39+/m0/s1. The Morgan fingerprint density at radius 1 is 0.942 bits per heavy atom. The Morgan fingerprint density at radius 3 is 2.27 bits per heavy atom. The fourth-order valence-electron chi connectivity index (χ4n) is 8.96. The molecule has 4 aliphatic rings. The van der Waals surface area contributed by atoms with Crippen molar-refractivity contribution >= 4 is 52.3 Å². The molecular weight excluding hydrogens is 709 g/mol. The van der Waals surface area contributed by atoms with Crippen LogP contribution in [0.1, 0.15) is 34.8 Å². The van der Waals surface area contributed by atoms with E-state index in [4.69, 9.17) is 21.1 Å². The number of nitrogens with one attached hydrogen (secondary N) is 1. The van der Waals surface area contributed by atoms with E-state index < -0.39 is 52.6 Å². The predicted octanol–water partition coefficient (Wildman–Crippen LogP) is 6.45. The topological polar surface area (TPSA) is 125 Å². The Labute approximate surface area is 307 Å². The van der Waals surface area contributed by atoms with Gasteiger partial charge in [-0.3, -0.25) is 29.5 Å². The molecule has 1 aromatic heterocycles. The van der Waals surface area contributed by atoms with Crippen LogP contribution in [-0.2, 0) is 31.1 Å². The number of amides is 4. The summed E-state index contributed by atoms with van der Waals surface area (Å²) in [7, 11) is 2.86. The molecule has 2 aliphatic heterocycles. The van der Waals surface area contributed by atoms with Gasteiger partial charge in [0.25, 0.3) is 11.8 Å². The van der Waals surface area contributed by atoms with E-state index in [1.165, 1.54) is 66.9 Å². The Morgan fingerprint density at radius 2 is 1.63 bits per heavy atom. The lowest BCUT2D eigenvalue weighted by Crippen LogP contribution is -2.53. The zero-order valence-corrected chi connectivity index (χ0v) is 29.6. The molecule has 2 saturated heterocycles. The van der Waals surface area contributed by atoms with Gasteiger partial charge in [-0.15, -0.1) is 11.3 Å². The third-order valence-electron chi connectivity index (χ3n) is 11.1. The van der Waals surface area contributed by atoms with Crippen molar-refractivity contribution in [2.75, 3.05) is 19.6 Å². The summed E-state index contributed by atoms with van der Waals surface area (Å²) in [6.07, 6.45) is 2.25. The number of hydrazine groups is 1. The molecule has 0 radical (unpaired) electrons. The lowest BCUT2D eigenvalue weighted by atomic mass is 9.49. The molecule has 4 aromatic rings. The van der Waals surface area contributed by atoms with Crippen molar-refractivity contribution in [3.05, 3.63) is 117 Å². The van der Waals surface area contributed by atoms with Crippen molar-refractivity contribution in [1.82, 2.24) is 9.91 Å². The minimum absolute atomic E-state index is 0.0763. The van der Waals surface area contributed by atoms with Gasteiger partial charge in [-0.2, -0.15) is 5.01 Å². The summed E-state index contributed by atoms with van der Waals surface area (Å²) in [6.45, 7) is 0.151. The zero-order chi connectivity index (χ0) is 36.5. The number of nitrogens with zero attached hydrogens (tertiary/aromatic N) is 2. The lowest BCUT2D eigenvalue weighted by molar-refractivity contribution is -0.141. The Hall–Kier alpha value is -5.20. The number of carbonyl (C=O) groups is 4. The van der Waals surface area contributed by atoms with Gasteiger partial charge in [-0.05, 0) is 72.2 Å². The minimum Gasteiger partial charge on any atom is -0.508 e. The highest BCUT2D eigenvalue weighted by molar-refractivity contribution is 7.09. The molecule has 0 bridgehead atoms. The molecule has 8 rings (SSSR count). The van der Waals surface area contributed by atoms with Gasteiger partial charge in [0, 0.05) is 33.5 Å². The summed E-state index contributed by atoms with van der Waals surface area (Å²) >= 11 is 7.84. The molecule has 13 heteroatoms. The Kier molecular flexibility index (Phi) is 8.34. The van der Waals surface area contributed by atoms with Gasteiger partial charge < -0.3 is 14.6 Å². The smallest absolute Gasteiger partial charge is 0.260 e. The number of phenols is 1. The van der Waals surface area contributed by atoms with Gasteiger partial charge in [0.05, 0.1) is 49.6 Å². The number of aromatic hydroxyl groups is 1. The minimum atomic E-state index is -1.65. The SMILES string of the molecule is COc1cc(O)cc(OC)c1[C@H]1C2=CC[C@@H]3C(=O)N(Cc4cccs4)C(=O)[C@@H]3[C@@H]2C[C@H]2C(=O)N(Nc3ccc(F)cc3)C(=O)[C@@]12c1ccc(Cl)cc1. The molecule has 3 heterocycles. The largest absolute Gasteiger partial charge is 0.508 e. The molecule has 3 fully saturated rings. The molecule has 6 atom stereocenters. The van der Waals surface area contributed by atoms with E-state index >= 15 is 4.79 Å². The Bertz CT molecular complexity index is 2120. The van der Waals surface area contributed by atoms with E-state index in [-0.39, 0.29) is 48.4 Å². The van der Waals surface area contributed by atoms with Crippen LogP contribution < -0.4 is 14.9 Å². The molecule has 266 valence electrons. The fraction of sp³-hybridized carbons (Fsp3) is 0.282. The monoisotopic (exact) mass is 741 g/mol. The number of carbonyl (C=O) groups excluding carboxylic acids is 4. The number of allylic oxidation sites excluding steroid dienone is 2. The average molecular weight is 742 g/mol. The van der Waals surface area contributed by atoms with Crippen LogP contribution in [0.4, 0.5) is 10.1 Å². The van der Waals surface area contributed by atoms with Crippen LogP contribution >= 0.6 is 22.9 Å². The average Bonchev–Trinajstić information content (AvgIpc) is 3.81. The van der Waals surface area contributed by atoms with E-state index in [9.17, 15) is 23.9 Å². The number of ether oxygens (including phenoxy) is 2. The van der Waals surface area contributed by atoms with Crippen LogP contribution in [0.25, 0.3) is 0 Å². The molecular formula is C39H33ClFN3O7S. The van der Waals surface area contributed by atoms with Crippen LogP contribution in [0, 0.1) is 29.5 Å². The molecule has 2 aliphatic carbocycles. The number of fused-ring (bicyclic) bond motifs is 4. The van der Waals surface area contributed by atoms with E-state index in [1.54, 1.807) is 24.3 Å². The number of anilines is 1. The number of halogens is 2. The van der Waals surface area contributed by atoms with Crippen LogP contribution in [-0.4, -0.2) is 52.9 Å². The van der Waals surface area contributed by atoms with E-state index in [2.05, 4.69) is 5.43 Å². The highest BCUT2D eigenvalue weighted by atomic mass is 35.5. The molecule has 2 N–H and O–H groups in total. The van der Waals surface area contributed by atoms with Gasteiger partial charge in [0.2, 0.25) is 11.8 Å². The Balaban J connectivity index is 1.36. The summed E-state index contributed by atoms with van der Waals surface area (Å²) in [6, 6.07) is 18.6. The maximum Gasteiger partial charge on any atom is 0.260 e. The van der Waals surface area contributed by atoms with Gasteiger partial charge >= 0.3 is 0 Å². The van der Waals surface area contributed by atoms with Gasteiger partial charge in [0.15, 0.2) is 0 Å². The number of thiophene rings is 1. The predicted molar refractivity (Wildman–Crippen MR) is 190 cm³/mol. The number of rotatable bonds is 8. The molecule has 0 unspecified atom stereocenters. The van der Waals surface area contributed by atoms with Crippen molar-refractivity contribution in [2.45, 2.75) is 30.7 Å². The summed E-state index contributed by atoms with van der Waals surface area (Å²) < 4.78 is 25.6. The van der Waals surface area contributed by atoms with Crippen LogP contribution in [0.5, 0.6) is 17.2 Å². The number of benzene rings is 3. The number of methoxy groups -OCH3 is 2. The highest BCUT2D eigenvalue weighted by Crippen LogP contribution is 2.66. The van der Waals surface area contributed by atoms with Gasteiger partial charge in [-0.1, -0.05) is 41.4 Å². The van der Waals surface area contributed by atoms with Crippen molar-refractivity contribution in [3.8, 4) is 17.2 Å². The van der Waals surface area contributed by atoms with Gasteiger partial charge in [-0.25, -0.2) is 4.39 Å². The van der Waals surface area contributed by atoms with E-state index in [0.29, 0.717) is 27.4 Å². The van der Waals surface area contributed by atoms with Crippen molar-refractivity contribution in [1.29, 1.82) is 0 Å². The van der Waals surface area contributed by atoms with Crippen molar-refractivity contribution < 1.29 is 38.1 Å². The van der Waals surface area contributed by atoms with Crippen LogP contribution in [0.2, 0.25) is 5.02 Å². The highest BCUT2D eigenvalue weighted by Gasteiger charge is 2.71. The quantitative estimate of drug-likeness (QED) is 0.156. The number of phenolic OH excluding ortho intramolecular Hbond substituents is 1. The molecule has 0 spiro atoms. The third kappa shape index (κ3) is 5.02. The zero-order valence-electron chi connectivity index (χ0n) is 28.0. The first-order chi connectivity index (χ1) is 25.1. The van der Waals surface area contributed by atoms with Crippen LogP contribution in [0.3, 0.4) is 0 Å². The van der Waals surface area contributed by atoms with Crippen molar-refractivity contribution in [2.24, 2.45) is 23.7 Å². The first-order valence-electron chi connectivity index (χ1n) is 16.8.